The Morgan fingerprint density at radius 2 is 0.590 bits per heavy atom. The van der Waals surface area contributed by atoms with E-state index in [4.69, 9.17) is 0 Å². The quantitative estimate of drug-likeness (QED) is 0.140. The second kappa shape index (κ2) is 19.3. The number of benzene rings is 11. The molecule has 0 bridgehead atoms. The van der Waals surface area contributed by atoms with E-state index in [0.717, 1.165) is 11.4 Å². The average molecular weight is 1000 g/mol. The molecule has 2 aliphatic rings. The largest absolute Gasteiger partial charge is 0.311 e. The van der Waals surface area contributed by atoms with E-state index in [1.807, 2.05) is 0 Å². The second-order valence-corrected chi connectivity index (χ2v) is 23.3. The molecule has 0 aromatic heterocycles. The maximum atomic E-state index is 2.62. The van der Waals surface area contributed by atoms with E-state index in [-0.39, 0.29) is 17.5 Å². The Balaban J connectivity index is 1.13. The van der Waals surface area contributed by atoms with Gasteiger partial charge in [-0.25, -0.2) is 0 Å². The van der Waals surface area contributed by atoms with Crippen molar-refractivity contribution in [1.29, 1.82) is 0 Å². The fourth-order valence-electron chi connectivity index (χ4n) is 12.5. The minimum Gasteiger partial charge on any atom is -0.311 e. The lowest BCUT2D eigenvalue weighted by molar-refractivity contribution is 0.590. The van der Waals surface area contributed by atoms with Crippen LogP contribution >= 0.6 is 0 Å². The van der Waals surface area contributed by atoms with E-state index in [1.54, 1.807) is 0 Å². The van der Waals surface area contributed by atoms with Crippen LogP contribution in [-0.2, 0) is 10.8 Å². The van der Waals surface area contributed by atoms with Crippen molar-refractivity contribution in [3.8, 4) is 66.8 Å². The molecule has 0 atom stereocenters. The molecule has 0 saturated carbocycles. The molecule has 11 aromatic carbocycles. The van der Waals surface area contributed by atoms with Crippen molar-refractivity contribution in [2.45, 2.75) is 59.3 Å². The van der Waals surface area contributed by atoms with Gasteiger partial charge in [0, 0.05) is 33.9 Å². The van der Waals surface area contributed by atoms with E-state index >= 15 is 0 Å². The summed E-state index contributed by atoms with van der Waals surface area (Å²) in [5, 5.41) is 0. The highest BCUT2D eigenvalue weighted by molar-refractivity contribution is 7.00. The lowest BCUT2D eigenvalue weighted by Crippen LogP contribution is -2.61. The van der Waals surface area contributed by atoms with Crippen LogP contribution in [0.2, 0.25) is 0 Å². The molecule has 13 rings (SSSR count). The van der Waals surface area contributed by atoms with Crippen LogP contribution < -0.4 is 26.2 Å². The Morgan fingerprint density at radius 1 is 0.282 bits per heavy atom. The van der Waals surface area contributed by atoms with Gasteiger partial charge >= 0.3 is 0 Å². The van der Waals surface area contributed by atoms with E-state index in [2.05, 4.69) is 313 Å². The summed E-state index contributed by atoms with van der Waals surface area (Å²) in [5.74, 6) is 0. The summed E-state index contributed by atoms with van der Waals surface area (Å²) in [6.45, 7) is 16.3. The van der Waals surface area contributed by atoms with Crippen LogP contribution in [0.15, 0.2) is 255 Å². The van der Waals surface area contributed by atoms with Gasteiger partial charge in [0.05, 0.1) is 11.4 Å². The van der Waals surface area contributed by atoms with Crippen LogP contribution in [0, 0.1) is 6.92 Å². The monoisotopic (exact) mass is 1000 g/mol. The Hall–Kier alpha value is -8.92. The number of fused-ring (bicyclic) bond motifs is 4. The first kappa shape index (κ1) is 48.7. The highest BCUT2D eigenvalue weighted by Gasteiger charge is 2.45. The molecule has 0 aliphatic carbocycles. The summed E-state index contributed by atoms with van der Waals surface area (Å²) in [4.78, 5) is 5.24. The Kier molecular flexibility index (Phi) is 12.0. The summed E-state index contributed by atoms with van der Waals surface area (Å²) in [7, 11) is 0. The maximum Gasteiger partial charge on any atom is 0.252 e. The van der Waals surface area contributed by atoms with Crippen molar-refractivity contribution in [3.63, 3.8) is 0 Å². The van der Waals surface area contributed by atoms with Crippen molar-refractivity contribution in [2.24, 2.45) is 0 Å². The molecule has 2 nitrogen and oxygen atoms in total. The van der Waals surface area contributed by atoms with Gasteiger partial charge in [-0.15, -0.1) is 0 Å². The predicted octanol–water partition coefficient (Wildman–Crippen LogP) is 18.7. The maximum absolute atomic E-state index is 2.62. The average Bonchev–Trinajstić information content (AvgIpc) is 3.27. The smallest absolute Gasteiger partial charge is 0.252 e. The van der Waals surface area contributed by atoms with Crippen LogP contribution in [0.5, 0.6) is 0 Å². The van der Waals surface area contributed by atoms with E-state index in [1.165, 1.54) is 123 Å². The first-order valence-corrected chi connectivity index (χ1v) is 27.6. The molecule has 0 amide bonds. The number of rotatable bonds is 8. The van der Waals surface area contributed by atoms with E-state index < -0.39 is 0 Å². The number of aryl methyl sites for hydroxylation is 1. The molecule has 2 heterocycles. The summed E-state index contributed by atoms with van der Waals surface area (Å²) < 4.78 is 0. The Morgan fingerprint density at radius 3 is 0.923 bits per heavy atom. The number of hydrogen-bond donors (Lipinski definition) is 0. The highest BCUT2D eigenvalue weighted by atomic mass is 15.2. The van der Waals surface area contributed by atoms with Crippen molar-refractivity contribution in [1.82, 2.24) is 0 Å². The van der Waals surface area contributed by atoms with Gasteiger partial charge in [0.2, 0.25) is 0 Å². The molecule has 11 aromatic rings. The standard InChI is InChI=1S/C75H63BN2/c1-50-46-69-73-70(47-50)78(66-41-23-21-35-62(66)72-59(53-30-16-10-17-31-53)38-25-39-60(72)54-32-18-11-19-33-54)68-45-43-56(75(5,6)7)49-64(68)76(73)63-48-55(74(2,3)4)42-44-67(63)77(69)65-40-22-20-34-61(65)71-57(51-26-12-8-13-27-51)36-24-37-58(71)52-28-14-9-15-29-52/h8-49H,1-7H3. The van der Waals surface area contributed by atoms with Gasteiger partial charge in [-0.05, 0) is 143 Å². The van der Waals surface area contributed by atoms with Gasteiger partial charge in [0.1, 0.15) is 0 Å². The molecular formula is C75H63BN2. The van der Waals surface area contributed by atoms with Crippen LogP contribution in [0.4, 0.5) is 34.1 Å². The van der Waals surface area contributed by atoms with Gasteiger partial charge < -0.3 is 9.80 Å². The molecule has 78 heavy (non-hydrogen) atoms. The third kappa shape index (κ3) is 8.37. The molecule has 0 radical (unpaired) electrons. The van der Waals surface area contributed by atoms with Crippen molar-refractivity contribution in [2.75, 3.05) is 9.80 Å². The van der Waals surface area contributed by atoms with Crippen molar-refractivity contribution < 1.29 is 0 Å². The Bertz CT molecular complexity index is 3680. The zero-order valence-corrected chi connectivity index (χ0v) is 45.7. The third-order valence-electron chi connectivity index (χ3n) is 16.2. The Labute approximate surface area is 462 Å². The van der Waals surface area contributed by atoms with E-state index in [9.17, 15) is 0 Å². The molecule has 2 aliphatic heterocycles. The van der Waals surface area contributed by atoms with Crippen LogP contribution in [0.3, 0.4) is 0 Å². The molecular weight excluding hydrogens is 940 g/mol. The molecule has 0 N–H and O–H groups in total. The molecule has 3 heteroatoms. The highest BCUT2D eigenvalue weighted by Crippen LogP contribution is 2.53. The third-order valence-corrected chi connectivity index (χ3v) is 16.2. The predicted molar refractivity (Wildman–Crippen MR) is 335 cm³/mol. The number of para-hydroxylation sites is 2. The number of hydrogen-bond acceptors (Lipinski definition) is 2. The van der Waals surface area contributed by atoms with Crippen LogP contribution in [0.1, 0.15) is 58.2 Å². The van der Waals surface area contributed by atoms with Crippen LogP contribution in [0.25, 0.3) is 66.8 Å². The lowest BCUT2D eigenvalue weighted by Gasteiger charge is -2.46. The second-order valence-electron chi connectivity index (χ2n) is 23.3. The normalized spacial score (nSPS) is 12.7. The summed E-state index contributed by atoms with van der Waals surface area (Å²) in [5.41, 5.74) is 29.0. The van der Waals surface area contributed by atoms with Crippen LogP contribution in [-0.4, -0.2) is 6.71 Å². The summed E-state index contributed by atoms with van der Waals surface area (Å²) >= 11 is 0. The molecule has 0 saturated heterocycles. The number of anilines is 6. The summed E-state index contributed by atoms with van der Waals surface area (Å²) in [6.07, 6.45) is 0. The molecule has 376 valence electrons. The van der Waals surface area contributed by atoms with Gasteiger partial charge in [-0.1, -0.05) is 260 Å². The molecule has 0 fully saturated rings. The van der Waals surface area contributed by atoms with Gasteiger partial charge in [-0.2, -0.15) is 0 Å². The minimum atomic E-state index is -0.0916. The van der Waals surface area contributed by atoms with Crippen molar-refractivity contribution >= 4 is 57.2 Å². The van der Waals surface area contributed by atoms with Gasteiger partial charge in [0.15, 0.2) is 0 Å². The SMILES string of the molecule is Cc1cc2c3c(c1)N(c1ccccc1-c1c(-c4ccccc4)cccc1-c1ccccc1)c1ccc(C(C)(C)C)cc1B3c1cc(C(C)(C)C)ccc1N2c1ccccc1-c1c(-c2ccccc2)cccc1-c1ccccc1. The molecule has 0 spiro atoms. The zero-order chi connectivity index (χ0) is 53.3. The summed E-state index contributed by atoms with van der Waals surface area (Å²) in [6, 6.07) is 95.3. The van der Waals surface area contributed by atoms with Gasteiger partial charge in [0.25, 0.3) is 6.71 Å². The minimum absolute atomic E-state index is 0.0648. The van der Waals surface area contributed by atoms with Crippen molar-refractivity contribution in [3.05, 3.63) is 271 Å². The topological polar surface area (TPSA) is 6.48 Å². The fourth-order valence-corrected chi connectivity index (χ4v) is 12.5. The molecule has 0 unspecified atom stereocenters. The van der Waals surface area contributed by atoms with Gasteiger partial charge in [-0.3, -0.25) is 0 Å². The lowest BCUT2D eigenvalue weighted by atomic mass is 9.33. The first-order valence-electron chi connectivity index (χ1n) is 27.6. The fraction of sp³-hybridized carbons (Fsp3) is 0.120. The number of nitrogens with zero attached hydrogens (tertiary/aromatic N) is 2. The van der Waals surface area contributed by atoms with E-state index in [0.29, 0.717) is 0 Å². The first-order chi connectivity index (χ1) is 37.9. The zero-order valence-electron chi connectivity index (χ0n) is 45.7.